The van der Waals surface area contributed by atoms with Crippen molar-refractivity contribution in [2.24, 2.45) is 0 Å². The van der Waals surface area contributed by atoms with Crippen molar-refractivity contribution in [1.29, 1.82) is 0 Å². The van der Waals surface area contributed by atoms with E-state index >= 15 is 0 Å². The summed E-state index contributed by atoms with van der Waals surface area (Å²) in [6.45, 7) is 0. The van der Waals surface area contributed by atoms with Crippen LogP contribution in [0.1, 0.15) is 5.56 Å². The number of ether oxygens (including phenoxy) is 1. The number of pyridine rings is 2. The van der Waals surface area contributed by atoms with E-state index in [1.165, 1.54) is 26.2 Å². The summed E-state index contributed by atoms with van der Waals surface area (Å²) in [6.07, 6.45) is -7.98. The van der Waals surface area contributed by atoms with Gasteiger partial charge in [0.1, 0.15) is 22.2 Å². The average molecular weight is 575 g/mol. The lowest BCUT2D eigenvalue weighted by molar-refractivity contribution is -0.274. The Kier molecular flexibility index (Phi) is 6.99. The van der Waals surface area contributed by atoms with Gasteiger partial charge >= 0.3 is 18.3 Å². The molecule has 0 atom stereocenters. The number of alkyl halides is 6. The molecular formula is C22H15F6N5O5S. The van der Waals surface area contributed by atoms with Gasteiger partial charge in [0.05, 0.1) is 5.56 Å². The summed E-state index contributed by atoms with van der Waals surface area (Å²) in [6, 6.07) is 7.17. The van der Waals surface area contributed by atoms with Crippen LogP contribution in [-0.2, 0) is 16.2 Å². The van der Waals surface area contributed by atoms with E-state index in [1.54, 1.807) is 0 Å². The van der Waals surface area contributed by atoms with Gasteiger partial charge < -0.3 is 4.74 Å². The maximum atomic E-state index is 13.2. The molecule has 4 aromatic rings. The molecule has 10 nitrogen and oxygen atoms in total. The fraction of sp³-hybridized carbons (Fsp3) is 0.182. The summed E-state index contributed by atoms with van der Waals surface area (Å²) in [5.41, 5.74) is -1.08. The van der Waals surface area contributed by atoms with E-state index in [1.807, 2.05) is 0 Å². The van der Waals surface area contributed by atoms with Gasteiger partial charge in [0, 0.05) is 32.1 Å². The number of hydrogen-bond acceptors (Lipinski definition) is 8. The van der Waals surface area contributed by atoms with Crippen LogP contribution >= 0.6 is 0 Å². The molecule has 0 saturated heterocycles. The van der Waals surface area contributed by atoms with Gasteiger partial charge in [-0.1, -0.05) is 17.3 Å². The van der Waals surface area contributed by atoms with Crippen molar-refractivity contribution >= 4 is 10.0 Å². The van der Waals surface area contributed by atoms with Crippen molar-refractivity contribution in [3.63, 3.8) is 0 Å². The Bertz CT molecular complexity index is 1660. The Hall–Kier alpha value is -4.25. The highest BCUT2D eigenvalue weighted by Gasteiger charge is 2.33. The smallest absolute Gasteiger partial charge is 0.406 e. The molecule has 3 heterocycles. The minimum absolute atomic E-state index is 0.155. The third-order valence-electron chi connectivity index (χ3n) is 5.15. The number of sulfonamides is 1. The van der Waals surface area contributed by atoms with Gasteiger partial charge in [-0.05, 0) is 35.9 Å². The molecule has 17 heteroatoms. The summed E-state index contributed by atoms with van der Waals surface area (Å²) in [4.78, 5) is 19.6. The minimum atomic E-state index is -4.91. The van der Waals surface area contributed by atoms with E-state index in [2.05, 4.69) is 24.4 Å². The number of nitrogens with zero attached hydrogens (tertiary/aromatic N) is 5. The zero-order valence-electron chi connectivity index (χ0n) is 19.6. The predicted molar refractivity (Wildman–Crippen MR) is 121 cm³/mol. The van der Waals surface area contributed by atoms with Crippen molar-refractivity contribution in [3.8, 4) is 34.2 Å². The molecule has 0 radical (unpaired) electrons. The fourth-order valence-electron chi connectivity index (χ4n) is 3.30. The topological polar surface area (TPSA) is 120 Å². The second kappa shape index (κ2) is 9.81. The third kappa shape index (κ3) is 5.78. The van der Waals surface area contributed by atoms with E-state index in [0.29, 0.717) is 16.8 Å². The molecule has 0 aliphatic heterocycles. The number of benzene rings is 1. The van der Waals surface area contributed by atoms with E-state index in [9.17, 15) is 39.6 Å². The van der Waals surface area contributed by atoms with Gasteiger partial charge in [0.25, 0.3) is 0 Å². The molecule has 1 aromatic carbocycles. The first-order chi connectivity index (χ1) is 18.1. The third-order valence-corrected chi connectivity index (χ3v) is 6.98. The summed E-state index contributed by atoms with van der Waals surface area (Å²) < 4.78 is 113. The Balaban J connectivity index is 1.85. The molecule has 0 bridgehead atoms. The summed E-state index contributed by atoms with van der Waals surface area (Å²) >= 11 is 0. The molecule has 39 heavy (non-hydrogen) atoms. The highest BCUT2D eigenvalue weighted by molar-refractivity contribution is 7.89. The zero-order valence-corrected chi connectivity index (χ0v) is 20.5. The SMILES string of the molecule is CN(C)S(=O)(=O)c1cc(-c2ccc(OC(F)(F)F)cc2)cnc1-c1noc(=O)n1-c1ccc(C(F)(F)F)cn1. The van der Waals surface area contributed by atoms with Crippen molar-refractivity contribution in [2.45, 2.75) is 17.4 Å². The highest BCUT2D eigenvalue weighted by atomic mass is 32.2. The maximum absolute atomic E-state index is 13.2. The van der Waals surface area contributed by atoms with E-state index in [-0.39, 0.29) is 16.9 Å². The van der Waals surface area contributed by atoms with Crippen molar-refractivity contribution in [2.75, 3.05) is 14.1 Å². The van der Waals surface area contributed by atoms with Gasteiger partial charge in [-0.25, -0.2) is 27.1 Å². The molecule has 4 rings (SSSR count). The molecule has 0 unspecified atom stereocenters. The quantitative estimate of drug-likeness (QED) is 0.315. The average Bonchev–Trinajstić information content (AvgIpc) is 3.23. The van der Waals surface area contributed by atoms with Crippen molar-refractivity contribution < 1.29 is 44.0 Å². The maximum Gasteiger partial charge on any atom is 0.573 e. The number of halogens is 6. The summed E-state index contributed by atoms with van der Waals surface area (Å²) in [5.74, 6) is -2.53. The Morgan fingerprint density at radius 2 is 1.59 bits per heavy atom. The molecule has 206 valence electrons. The number of rotatable bonds is 6. The molecule has 0 fully saturated rings. The van der Waals surface area contributed by atoms with E-state index in [4.69, 9.17) is 0 Å². The Labute approximate surface area is 215 Å². The molecular weight excluding hydrogens is 560 g/mol. The normalized spacial score (nSPS) is 12.6. The molecule has 0 aliphatic rings. The van der Waals surface area contributed by atoms with E-state index in [0.717, 1.165) is 34.8 Å². The van der Waals surface area contributed by atoms with E-state index < -0.39 is 56.0 Å². The standard InChI is InChI=1S/C22H15F6N5O5S/c1-32(2)39(35,36)16-9-13(12-3-6-15(7-4-12)37-22(26,27)28)10-30-18(16)19-31-38-20(34)33(19)17-8-5-14(11-29-17)21(23,24)25/h3-11H,1-2H3. The summed E-state index contributed by atoms with van der Waals surface area (Å²) in [5, 5.41) is 3.56. The first-order valence-electron chi connectivity index (χ1n) is 10.5. The first kappa shape index (κ1) is 27.8. The van der Waals surface area contributed by atoms with Crippen LogP contribution in [0, 0.1) is 0 Å². The second-order valence-electron chi connectivity index (χ2n) is 7.94. The van der Waals surface area contributed by atoms with Crippen LogP contribution in [0.25, 0.3) is 28.5 Å². The largest absolute Gasteiger partial charge is 0.573 e. The Morgan fingerprint density at radius 3 is 2.13 bits per heavy atom. The minimum Gasteiger partial charge on any atom is -0.406 e. The van der Waals surface area contributed by atoms with Crippen LogP contribution in [0.3, 0.4) is 0 Å². The first-order valence-corrected chi connectivity index (χ1v) is 11.9. The van der Waals surface area contributed by atoms with Crippen molar-refractivity contribution in [3.05, 3.63) is 71.0 Å². The number of hydrogen-bond donors (Lipinski definition) is 0. The molecule has 0 N–H and O–H groups in total. The number of aromatic nitrogens is 4. The van der Waals surface area contributed by atoms with Gasteiger partial charge in [-0.2, -0.15) is 13.2 Å². The van der Waals surface area contributed by atoms with Gasteiger partial charge in [-0.15, -0.1) is 13.2 Å². The highest BCUT2D eigenvalue weighted by Crippen LogP contribution is 2.33. The van der Waals surface area contributed by atoms with Gasteiger partial charge in [0.2, 0.25) is 15.8 Å². The molecule has 0 aliphatic carbocycles. The fourth-order valence-corrected chi connectivity index (χ4v) is 4.36. The molecule has 3 aromatic heterocycles. The molecule has 0 saturated carbocycles. The second-order valence-corrected chi connectivity index (χ2v) is 10.1. The van der Waals surface area contributed by atoms with Crippen LogP contribution in [0.5, 0.6) is 5.75 Å². The lowest BCUT2D eigenvalue weighted by atomic mass is 10.1. The summed E-state index contributed by atoms with van der Waals surface area (Å²) in [7, 11) is -1.88. The lowest BCUT2D eigenvalue weighted by Gasteiger charge is -2.16. The lowest BCUT2D eigenvalue weighted by Crippen LogP contribution is -2.24. The van der Waals surface area contributed by atoms with Gasteiger partial charge in [-0.3, -0.25) is 9.51 Å². The van der Waals surface area contributed by atoms with Crippen molar-refractivity contribution in [1.82, 2.24) is 24.0 Å². The van der Waals surface area contributed by atoms with Crippen LogP contribution in [-0.4, -0.2) is 52.9 Å². The Morgan fingerprint density at radius 1 is 0.923 bits per heavy atom. The van der Waals surface area contributed by atoms with Crippen LogP contribution in [0.15, 0.2) is 69.1 Å². The van der Waals surface area contributed by atoms with Gasteiger partial charge in [0.15, 0.2) is 0 Å². The van der Waals surface area contributed by atoms with Crippen LogP contribution in [0.2, 0.25) is 0 Å². The van der Waals surface area contributed by atoms with Crippen LogP contribution in [0.4, 0.5) is 26.3 Å². The monoisotopic (exact) mass is 575 g/mol. The zero-order chi connectivity index (χ0) is 28.8. The predicted octanol–water partition coefficient (Wildman–Crippen LogP) is 4.12. The molecule has 0 amide bonds. The molecule has 0 spiro atoms. The van der Waals surface area contributed by atoms with Crippen LogP contribution < -0.4 is 10.5 Å².